The fourth-order valence-electron chi connectivity index (χ4n) is 4.67. The van der Waals surface area contributed by atoms with Gasteiger partial charge < -0.3 is 9.64 Å². The summed E-state index contributed by atoms with van der Waals surface area (Å²) in [6.45, 7) is 1.06. The molecule has 1 unspecified atom stereocenters. The van der Waals surface area contributed by atoms with Crippen molar-refractivity contribution in [1.29, 1.82) is 0 Å². The summed E-state index contributed by atoms with van der Waals surface area (Å²) in [7, 11) is -2.17. The number of benzene rings is 3. The number of rotatable bonds is 9. The molecule has 0 aliphatic carbocycles. The molecule has 1 aliphatic heterocycles. The van der Waals surface area contributed by atoms with Gasteiger partial charge in [0.15, 0.2) is 0 Å². The fourth-order valence-corrected chi connectivity index (χ4v) is 7.14. The zero-order valence-corrected chi connectivity index (χ0v) is 24.0. The van der Waals surface area contributed by atoms with Gasteiger partial charge in [0.2, 0.25) is 15.9 Å². The second-order valence-corrected chi connectivity index (χ2v) is 12.9. The first-order valence-electron chi connectivity index (χ1n) is 12.2. The molecule has 6 nitrogen and oxygen atoms in total. The molecular weight excluding hydrogens is 567 g/mol. The van der Waals surface area contributed by atoms with Crippen molar-refractivity contribution in [3.05, 3.63) is 93.4 Å². The lowest BCUT2D eigenvalue weighted by atomic mass is 9.78. The summed E-state index contributed by atoms with van der Waals surface area (Å²) in [6, 6.07) is 21.0. The zero-order valence-electron chi connectivity index (χ0n) is 20.9. The molecule has 0 N–H and O–H groups in total. The average molecular weight is 596 g/mol. The van der Waals surface area contributed by atoms with E-state index in [2.05, 4.69) is 0 Å². The predicted molar refractivity (Wildman–Crippen MR) is 151 cm³/mol. The molecule has 1 atom stereocenters. The lowest BCUT2D eigenvalue weighted by Gasteiger charge is -2.42. The van der Waals surface area contributed by atoms with E-state index >= 15 is 0 Å². The Morgan fingerprint density at radius 2 is 1.68 bits per heavy atom. The highest BCUT2D eigenvalue weighted by atomic mass is 35.5. The minimum absolute atomic E-state index is 0.00879. The van der Waals surface area contributed by atoms with Crippen LogP contribution in [0.25, 0.3) is 0 Å². The number of carbonyl (C=O) groups excluding carboxylic acids is 1. The Balaban J connectivity index is 1.59. The maximum absolute atomic E-state index is 13.6. The SMILES string of the molecule is CN(Cc1ccccc1)C(=O)CC1(COc2ccc(Cl)cc2)CCCN(S(=O)(=O)c2ccc(Cl)cc2Cl)C1. The maximum atomic E-state index is 13.6. The molecular formula is C28H29Cl3N2O4S. The minimum atomic E-state index is -3.93. The van der Waals surface area contributed by atoms with Crippen molar-refractivity contribution in [2.24, 2.45) is 5.41 Å². The Bertz CT molecular complexity index is 1370. The van der Waals surface area contributed by atoms with Crippen LogP contribution in [-0.4, -0.2) is 50.3 Å². The van der Waals surface area contributed by atoms with Gasteiger partial charge in [0, 0.05) is 48.6 Å². The molecule has 1 amide bonds. The number of sulfonamides is 1. The van der Waals surface area contributed by atoms with E-state index in [1.54, 1.807) is 36.2 Å². The standard InChI is InChI=1S/C28H29Cl3N2O4S/c1-32(18-21-6-3-2-4-7-21)27(34)17-28(20-37-24-11-8-22(29)9-12-24)14-5-15-33(19-28)38(35,36)26-13-10-23(30)16-25(26)31/h2-4,6-13,16H,5,14-15,17-20H2,1H3. The smallest absolute Gasteiger partial charge is 0.244 e. The summed E-state index contributed by atoms with van der Waals surface area (Å²) in [5.41, 5.74) is 0.270. The van der Waals surface area contributed by atoms with E-state index in [9.17, 15) is 13.2 Å². The molecule has 0 bridgehead atoms. The first-order valence-corrected chi connectivity index (χ1v) is 14.8. The molecule has 4 rings (SSSR count). The van der Waals surface area contributed by atoms with Crippen LogP contribution >= 0.6 is 34.8 Å². The van der Waals surface area contributed by atoms with E-state index in [-0.39, 0.29) is 35.4 Å². The number of hydrogen-bond acceptors (Lipinski definition) is 4. The van der Waals surface area contributed by atoms with E-state index in [1.165, 1.54) is 22.5 Å². The van der Waals surface area contributed by atoms with Crippen LogP contribution in [0.4, 0.5) is 0 Å². The van der Waals surface area contributed by atoms with Gasteiger partial charge in [0.05, 0.1) is 11.6 Å². The normalized spacial score (nSPS) is 18.2. The predicted octanol–water partition coefficient (Wildman–Crippen LogP) is 6.55. The van der Waals surface area contributed by atoms with Crippen molar-refractivity contribution in [1.82, 2.24) is 9.21 Å². The Hall–Kier alpha value is -2.29. The summed E-state index contributed by atoms with van der Waals surface area (Å²) in [4.78, 5) is 15.1. The molecule has 1 heterocycles. The summed E-state index contributed by atoms with van der Waals surface area (Å²) in [5.74, 6) is 0.511. The van der Waals surface area contributed by atoms with Gasteiger partial charge in [-0.15, -0.1) is 0 Å². The lowest BCUT2D eigenvalue weighted by Crippen LogP contribution is -2.50. The van der Waals surface area contributed by atoms with E-state index in [1.807, 2.05) is 30.3 Å². The molecule has 1 aliphatic rings. The van der Waals surface area contributed by atoms with Crippen LogP contribution in [0.3, 0.4) is 0 Å². The van der Waals surface area contributed by atoms with Crippen LogP contribution < -0.4 is 4.74 Å². The highest BCUT2D eigenvalue weighted by molar-refractivity contribution is 7.89. The highest BCUT2D eigenvalue weighted by Crippen LogP contribution is 2.38. The van der Waals surface area contributed by atoms with Gasteiger partial charge in [-0.2, -0.15) is 4.31 Å². The van der Waals surface area contributed by atoms with E-state index in [0.717, 1.165) is 5.56 Å². The van der Waals surface area contributed by atoms with Gasteiger partial charge >= 0.3 is 0 Å². The van der Waals surface area contributed by atoms with Gasteiger partial charge in [0.25, 0.3) is 0 Å². The van der Waals surface area contributed by atoms with Crippen molar-refractivity contribution in [3.63, 3.8) is 0 Å². The second kappa shape index (κ2) is 12.3. The number of nitrogens with zero attached hydrogens (tertiary/aromatic N) is 2. The first kappa shape index (κ1) is 28.7. The van der Waals surface area contributed by atoms with Crippen LogP contribution in [-0.2, 0) is 21.4 Å². The van der Waals surface area contributed by atoms with Crippen molar-refractivity contribution in [2.45, 2.75) is 30.7 Å². The summed E-state index contributed by atoms with van der Waals surface area (Å²) < 4.78 is 34.8. The van der Waals surface area contributed by atoms with Crippen molar-refractivity contribution in [2.75, 3.05) is 26.7 Å². The number of halogens is 3. The topological polar surface area (TPSA) is 66.9 Å². The number of carbonyl (C=O) groups is 1. The quantitative estimate of drug-likeness (QED) is 0.282. The fraction of sp³-hybridized carbons (Fsp3) is 0.321. The summed E-state index contributed by atoms with van der Waals surface area (Å²) in [5, 5.41) is 0.995. The molecule has 10 heteroatoms. The van der Waals surface area contributed by atoms with Crippen LogP contribution in [0, 0.1) is 5.41 Å². The molecule has 3 aromatic carbocycles. The van der Waals surface area contributed by atoms with E-state index in [4.69, 9.17) is 39.5 Å². The minimum Gasteiger partial charge on any atom is -0.493 e. The number of hydrogen-bond donors (Lipinski definition) is 0. The molecule has 202 valence electrons. The number of ether oxygens (including phenoxy) is 1. The molecule has 1 fully saturated rings. The zero-order chi connectivity index (χ0) is 27.3. The average Bonchev–Trinajstić information content (AvgIpc) is 2.89. The van der Waals surface area contributed by atoms with Gasteiger partial charge in [0.1, 0.15) is 10.6 Å². The van der Waals surface area contributed by atoms with Gasteiger partial charge in [-0.25, -0.2) is 8.42 Å². The van der Waals surface area contributed by atoms with Gasteiger partial charge in [-0.3, -0.25) is 4.79 Å². The van der Waals surface area contributed by atoms with Crippen molar-refractivity contribution < 1.29 is 17.9 Å². The van der Waals surface area contributed by atoms with Crippen molar-refractivity contribution in [3.8, 4) is 5.75 Å². The monoisotopic (exact) mass is 594 g/mol. The second-order valence-electron chi connectivity index (χ2n) is 9.67. The molecule has 38 heavy (non-hydrogen) atoms. The lowest BCUT2D eigenvalue weighted by molar-refractivity contribution is -0.134. The third-order valence-electron chi connectivity index (χ3n) is 6.71. The van der Waals surface area contributed by atoms with Gasteiger partial charge in [-0.1, -0.05) is 65.1 Å². The van der Waals surface area contributed by atoms with Crippen LogP contribution in [0.15, 0.2) is 77.7 Å². The molecule has 0 spiro atoms. The maximum Gasteiger partial charge on any atom is 0.244 e. The first-order chi connectivity index (χ1) is 18.1. The Kier molecular flexibility index (Phi) is 9.27. The highest BCUT2D eigenvalue weighted by Gasteiger charge is 2.43. The molecule has 1 saturated heterocycles. The Labute approximate surface area is 239 Å². The molecule has 0 radical (unpaired) electrons. The Morgan fingerprint density at radius 3 is 2.37 bits per heavy atom. The molecule has 0 aromatic heterocycles. The van der Waals surface area contributed by atoms with Crippen LogP contribution in [0.2, 0.25) is 15.1 Å². The largest absolute Gasteiger partial charge is 0.493 e. The van der Waals surface area contributed by atoms with Crippen LogP contribution in [0.1, 0.15) is 24.8 Å². The van der Waals surface area contributed by atoms with Crippen LogP contribution in [0.5, 0.6) is 5.75 Å². The number of piperidine rings is 1. The summed E-state index contributed by atoms with van der Waals surface area (Å²) >= 11 is 18.3. The van der Waals surface area contributed by atoms with E-state index in [0.29, 0.717) is 41.7 Å². The van der Waals surface area contributed by atoms with Gasteiger partial charge in [-0.05, 0) is 60.9 Å². The third-order valence-corrected chi connectivity index (χ3v) is 9.53. The van der Waals surface area contributed by atoms with Crippen molar-refractivity contribution >= 4 is 50.7 Å². The van der Waals surface area contributed by atoms with E-state index < -0.39 is 15.4 Å². The summed E-state index contributed by atoms with van der Waals surface area (Å²) in [6.07, 6.45) is 1.33. The molecule has 0 saturated carbocycles. The number of amides is 1. The Morgan fingerprint density at radius 1 is 1.00 bits per heavy atom. The third kappa shape index (κ3) is 7.01. The molecule has 3 aromatic rings.